The summed E-state index contributed by atoms with van der Waals surface area (Å²) in [6.07, 6.45) is 2.44. The van der Waals surface area contributed by atoms with Crippen molar-refractivity contribution in [3.05, 3.63) is 0 Å². The highest BCUT2D eigenvalue weighted by Gasteiger charge is 2.16. The average molecular weight is 227 g/mol. The van der Waals surface area contributed by atoms with Crippen LogP contribution in [0.4, 0.5) is 0 Å². The fourth-order valence-corrected chi connectivity index (χ4v) is 0.927. The smallest absolute Gasteiger partial charge is 0.312 e. The standard InChI is InChI=1S/C8H19N.H3O4P/c1-5-8(4,6-2)9-7-3;1-5(2,3)4/h9H,5-7H2,1-4H3;(H3,1,2,3,4). The van der Waals surface area contributed by atoms with Gasteiger partial charge in [-0.2, -0.15) is 0 Å². The molecular weight excluding hydrogens is 205 g/mol. The molecule has 0 fully saturated rings. The zero-order chi connectivity index (χ0) is 11.8. The van der Waals surface area contributed by atoms with E-state index in [1.54, 1.807) is 0 Å². The molecule has 0 atom stereocenters. The molecule has 0 spiro atoms. The Kier molecular flexibility index (Phi) is 8.69. The topological polar surface area (TPSA) is 89.8 Å². The van der Waals surface area contributed by atoms with Crippen LogP contribution in [0.3, 0.4) is 0 Å². The lowest BCUT2D eigenvalue weighted by molar-refractivity contribution is 0.275. The van der Waals surface area contributed by atoms with Crippen molar-refractivity contribution in [2.75, 3.05) is 6.54 Å². The molecule has 0 aliphatic rings. The quantitative estimate of drug-likeness (QED) is 0.543. The summed E-state index contributed by atoms with van der Waals surface area (Å²) in [5.74, 6) is 0. The number of hydrogen-bond donors (Lipinski definition) is 4. The van der Waals surface area contributed by atoms with Crippen molar-refractivity contribution in [2.45, 2.75) is 46.1 Å². The summed E-state index contributed by atoms with van der Waals surface area (Å²) in [5, 5.41) is 3.46. The van der Waals surface area contributed by atoms with Gasteiger partial charge in [-0.05, 0) is 26.3 Å². The first kappa shape index (κ1) is 16.5. The maximum atomic E-state index is 8.88. The van der Waals surface area contributed by atoms with E-state index < -0.39 is 7.82 Å². The van der Waals surface area contributed by atoms with Gasteiger partial charge in [0.1, 0.15) is 0 Å². The molecule has 5 nitrogen and oxygen atoms in total. The maximum Gasteiger partial charge on any atom is 0.466 e. The van der Waals surface area contributed by atoms with Crippen LogP contribution >= 0.6 is 7.82 Å². The van der Waals surface area contributed by atoms with Crippen molar-refractivity contribution in [1.82, 2.24) is 5.32 Å². The summed E-state index contributed by atoms with van der Waals surface area (Å²) in [4.78, 5) is 21.6. The zero-order valence-electron chi connectivity index (χ0n) is 9.32. The lowest BCUT2D eigenvalue weighted by atomic mass is 9.96. The minimum Gasteiger partial charge on any atom is -0.312 e. The van der Waals surface area contributed by atoms with E-state index in [1.807, 2.05) is 0 Å². The first-order valence-electron chi connectivity index (χ1n) is 4.71. The van der Waals surface area contributed by atoms with Gasteiger partial charge in [-0.25, -0.2) is 4.57 Å². The Labute approximate surface area is 85.8 Å². The van der Waals surface area contributed by atoms with E-state index in [2.05, 4.69) is 33.0 Å². The second kappa shape index (κ2) is 7.37. The first-order valence-corrected chi connectivity index (χ1v) is 6.28. The summed E-state index contributed by atoms with van der Waals surface area (Å²) in [5.41, 5.74) is 0.384. The Balaban J connectivity index is 0. The summed E-state index contributed by atoms with van der Waals surface area (Å²) < 4.78 is 8.88. The normalized spacial score (nSPS) is 11.9. The van der Waals surface area contributed by atoms with E-state index in [0.29, 0.717) is 5.54 Å². The predicted octanol–water partition coefficient (Wildman–Crippen LogP) is 1.25. The molecule has 0 unspecified atom stereocenters. The van der Waals surface area contributed by atoms with E-state index >= 15 is 0 Å². The third kappa shape index (κ3) is 14.6. The molecule has 0 aliphatic heterocycles. The molecular formula is C8H22NO4P. The summed E-state index contributed by atoms with van der Waals surface area (Å²) >= 11 is 0. The van der Waals surface area contributed by atoms with Crippen molar-refractivity contribution in [1.29, 1.82) is 0 Å². The summed E-state index contributed by atoms with van der Waals surface area (Å²) in [7, 11) is -4.64. The van der Waals surface area contributed by atoms with Crippen molar-refractivity contribution in [3.8, 4) is 0 Å². The lowest BCUT2D eigenvalue weighted by Gasteiger charge is -2.27. The Morgan fingerprint density at radius 3 is 1.50 bits per heavy atom. The van der Waals surface area contributed by atoms with Crippen LogP contribution in [0.2, 0.25) is 0 Å². The first-order chi connectivity index (χ1) is 6.18. The second-order valence-corrected chi connectivity index (χ2v) is 4.34. The Hall–Kier alpha value is 0.0700. The largest absolute Gasteiger partial charge is 0.466 e. The maximum absolute atomic E-state index is 8.88. The molecule has 88 valence electrons. The molecule has 4 N–H and O–H groups in total. The van der Waals surface area contributed by atoms with Crippen LogP contribution in [0.15, 0.2) is 0 Å². The van der Waals surface area contributed by atoms with Crippen LogP contribution in [0.5, 0.6) is 0 Å². The molecule has 6 heteroatoms. The van der Waals surface area contributed by atoms with Crippen LogP contribution in [0, 0.1) is 0 Å². The molecule has 0 aromatic heterocycles. The van der Waals surface area contributed by atoms with Gasteiger partial charge in [-0.15, -0.1) is 0 Å². The van der Waals surface area contributed by atoms with E-state index in [1.165, 1.54) is 12.8 Å². The molecule has 0 aliphatic carbocycles. The molecule has 0 bridgehead atoms. The van der Waals surface area contributed by atoms with Gasteiger partial charge >= 0.3 is 7.82 Å². The molecule has 0 heterocycles. The van der Waals surface area contributed by atoms with Crippen LogP contribution in [0.25, 0.3) is 0 Å². The van der Waals surface area contributed by atoms with Gasteiger partial charge in [0.2, 0.25) is 0 Å². The van der Waals surface area contributed by atoms with Gasteiger partial charge < -0.3 is 20.0 Å². The van der Waals surface area contributed by atoms with Crippen molar-refractivity contribution >= 4 is 7.82 Å². The molecule has 0 amide bonds. The zero-order valence-corrected chi connectivity index (χ0v) is 10.2. The van der Waals surface area contributed by atoms with Gasteiger partial charge in [0, 0.05) is 5.54 Å². The third-order valence-electron chi connectivity index (χ3n) is 2.16. The van der Waals surface area contributed by atoms with Gasteiger partial charge in [0.25, 0.3) is 0 Å². The van der Waals surface area contributed by atoms with Crippen molar-refractivity contribution in [2.24, 2.45) is 0 Å². The highest BCUT2D eigenvalue weighted by atomic mass is 31.2. The fourth-order valence-electron chi connectivity index (χ4n) is 0.927. The Morgan fingerprint density at radius 1 is 1.14 bits per heavy atom. The molecule has 0 aromatic carbocycles. The number of rotatable bonds is 4. The van der Waals surface area contributed by atoms with Crippen LogP contribution < -0.4 is 5.32 Å². The number of hydrogen-bond acceptors (Lipinski definition) is 2. The third-order valence-corrected chi connectivity index (χ3v) is 2.16. The number of phosphoric acid groups is 1. The lowest BCUT2D eigenvalue weighted by Crippen LogP contribution is -2.40. The van der Waals surface area contributed by atoms with Crippen LogP contribution in [-0.4, -0.2) is 26.8 Å². The van der Waals surface area contributed by atoms with E-state index in [0.717, 1.165) is 6.54 Å². The summed E-state index contributed by atoms with van der Waals surface area (Å²) in [6, 6.07) is 0. The minimum atomic E-state index is -4.64. The predicted molar refractivity (Wildman–Crippen MR) is 56.9 cm³/mol. The molecule has 0 radical (unpaired) electrons. The Bertz CT molecular complexity index is 168. The monoisotopic (exact) mass is 227 g/mol. The molecule has 14 heavy (non-hydrogen) atoms. The van der Waals surface area contributed by atoms with Gasteiger partial charge in [0.15, 0.2) is 0 Å². The SMILES string of the molecule is CCNC(C)(CC)CC.O=P(O)(O)O. The van der Waals surface area contributed by atoms with Gasteiger partial charge in [-0.3, -0.25) is 0 Å². The highest BCUT2D eigenvalue weighted by Crippen LogP contribution is 2.25. The van der Waals surface area contributed by atoms with E-state index in [9.17, 15) is 0 Å². The van der Waals surface area contributed by atoms with Crippen LogP contribution in [0.1, 0.15) is 40.5 Å². The van der Waals surface area contributed by atoms with Gasteiger partial charge in [0.05, 0.1) is 0 Å². The molecule has 0 saturated carbocycles. The molecule has 0 rings (SSSR count). The Morgan fingerprint density at radius 2 is 1.43 bits per heavy atom. The number of nitrogens with one attached hydrogen (secondary N) is 1. The molecule has 0 saturated heterocycles. The average Bonchev–Trinajstić information content (AvgIpc) is 2.02. The van der Waals surface area contributed by atoms with Crippen molar-refractivity contribution in [3.63, 3.8) is 0 Å². The van der Waals surface area contributed by atoms with Crippen LogP contribution in [-0.2, 0) is 4.57 Å². The van der Waals surface area contributed by atoms with Crippen molar-refractivity contribution < 1.29 is 19.2 Å². The highest BCUT2D eigenvalue weighted by molar-refractivity contribution is 7.45. The van der Waals surface area contributed by atoms with Gasteiger partial charge in [-0.1, -0.05) is 20.8 Å². The minimum absolute atomic E-state index is 0.384. The summed E-state index contributed by atoms with van der Waals surface area (Å²) in [6.45, 7) is 9.97. The van der Waals surface area contributed by atoms with E-state index in [-0.39, 0.29) is 0 Å². The van der Waals surface area contributed by atoms with E-state index in [4.69, 9.17) is 19.2 Å². The fraction of sp³-hybridized carbons (Fsp3) is 1.00. The second-order valence-electron chi connectivity index (χ2n) is 3.31. The molecule has 0 aromatic rings.